The summed E-state index contributed by atoms with van der Waals surface area (Å²) in [5.41, 5.74) is 3.30. The Labute approximate surface area is 137 Å². The maximum Gasteiger partial charge on any atom is 0.191 e. The van der Waals surface area contributed by atoms with Crippen LogP contribution < -0.4 is 15.4 Å². The minimum atomic E-state index is 0.147. The SMILES string of the molecule is CN=C(NCc1ccn[nH]1)NCc1ccc(C)cc1OC(C)C. The number of hydrogen-bond donors (Lipinski definition) is 3. The predicted octanol–water partition coefficient (Wildman–Crippen LogP) is 2.37. The van der Waals surface area contributed by atoms with E-state index < -0.39 is 0 Å². The second-order valence-electron chi connectivity index (χ2n) is 5.64. The van der Waals surface area contributed by atoms with Gasteiger partial charge in [-0.05, 0) is 38.5 Å². The third-order valence-electron chi connectivity index (χ3n) is 3.26. The van der Waals surface area contributed by atoms with Gasteiger partial charge in [-0.15, -0.1) is 0 Å². The zero-order chi connectivity index (χ0) is 16.7. The van der Waals surface area contributed by atoms with Crippen molar-refractivity contribution in [2.45, 2.75) is 40.0 Å². The Morgan fingerprint density at radius 3 is 2.70 bits per heavy atom. The minimum Gasteiger partial charge on any atom is -0.491 e. The molecule has 6 heteroatoms. The Morgan fingerprint density at radius 2 is 2.04 bits per heavy atom. The second kappa shape index (κ2) is 8.22. The fourth-order valence-corrected chi connectivity index (χ4v) is 2.13. The van der Waals surface area contributed by atoms with Gasteiger partial charge >= 0.3 is 0 Å². The molecule has 0 aliphatic rings. The van der Waals surface area contributed by atoms with Gasteiger partial charge < -0.3 is 15.4 Å². The summed E-state index contributed by atoms with van der Waals surface area (Å²) in [4.78, 5) is 4.23. The summed E-state index contributed by atoms with van der Waals surface area (Å²) in [6.45, 7) is 7.41. The smallest absolute Gasteiger partial charge is 0.191 e. The van der Waals surface area contributed by atoms with Crippen LogP contribution >= 0.6 is 0 Å². The molecule has 6 nitrogen and oxygen atoms in total. The molecule has 0 bridgehead atoms. The van der Waals surface area contributed by atoms with E-state index in [0.717, 1.165) is 23.0 Å². The molecule has 0 amide bonds. The Hall–Kier alpha value is -2.50. The van der Waals surface area contributed by atoms with E-state index in [1.54, 1.807) is 13.2 Å². The maximum absolute atomic E-state index is 5.90. The Kier molecular flexibility index (Phi) is 6.02. The first-order valence-electron chi connectivity index (χ1n) is 7.77. The number of nitrogens with one attached hydrogen (secondary N) is 3. The largest absolute Gasteiger partial charge is 0.491 e. The van der Waals surface area contributed by atoms with Crippen LogP contribution in [0.25, 0.3) is 0 Å². The molecular weight excluding hydrogens is 290 g/mol. The van der Waals surface area contributed by atoms with Gasteiger partial charge in [-0.1, -0.05) is 12.1 Å². The fourth-order valence-electron chi connectivity index (χ4n) is 2.13. The number of hydrogen-bond acceptors (Lipinski definition) is 3. The van der Waals surface area contributed by atoms with Gasteiger partial charge in [-0.25, -0.2) is 0 Å². The first-order chi connectivity index (χ1) is 11.1. The van der Waals surface area contributed by atoms with Gasteiger partial charge in [0.05, 0.1) is 18.3 Å². The average Bonchev–Trinajstić information content (AvgIpc) is 3.02. The molecular formula is C17H25N5O. The molecule has 2 aromatic rings. The van der Waals surface area contributed by atoms with Crippen molar-refractivity contribution >= 4 is 5.96 Å². The molecule has 23 heavy (non-hydrogen) atoms. The summed E-state index contributed by atoms with van der Waals surface area (Å²) in [6.07, 6.45) is 1.88. The van der Waals surface area contributed by atoms with Crippen LogP contribution in [0, 0.1) is 6.92 Å². The van der Waals surface area contributed by atoms with Crippen LogP contribution in [0.4, 0.5) is 0 Å². The van der Waals surface area contributed by atoms with Crippen molar-refractivity contribution < 1.29 is 4.74 Å². The van der Waals surface area contributed by atoms with Crippen LogP contribution in [-0.2, 0) is 13.1 Å². The van der Waals surface area contributed by atoms with E-state index in [-0.39, 0.29) is 6.10 Å². The molecule has 0 radical (unpaired) electrons. The summed E-state index contributed by atoms with van der Waals surface area (Å²) < 4.78 is 5.90. The number of H-pyrrole nitrogens is 1. The van der Waals surface area contributed by atoms with Crippen LogP contribution in [-0.4, -0.2) is 29.3 Å². The van der Waals surface area contributed by atoms with Gasteiger partial charge in [0.15, 0.2) is 5.96 Å². The van der Waals surface area contributed by atoms with E-state index in [1.165, 1.54) is 5.56 Å². The molecule has 0 atom stereocenters. The van der Waals surface area contributed by atoms with E-state index in [1.807, 2.05) is 19.9 Å². The Balaban J connectivity index is 1.95. The molecule has 0 aliphatic carbocycles. The monoisotopic (exact) mass is 315 g/mol. The van der Waals surface area contributed by atoms with E-state index >= 15 is 0 Å². The van der Waals surface area contributed by atoms with Crippen LogP contribution in [0.1, 0.15) is 30.7 Å². The summed E-state index contributed by atoms with van der Waals surface area (Å²) in [5.74, 6) is 1.65. The molecule has 0 saturated carbocycles. The van der Waals surface area contributed by atoms with Crippen LogP contribution in [0.5, 0.6) is 5.75 Å². The van der Waals surface area contributed by atoms with E-state index in [0.29, 0.717) is 13.1 Å². The van der Waals surface area contributed by atoms with Gasteiger partial charge in [-0.3, -0.25) is 10.1 Å². The number of aryl methyl sites for hydroxylation is 1. The number of ether oxygens (including phenoxy) is 1. The third-order valence-corrected chi connectivity index (χ3v) is 3.26. The highest BCUT2D eigenvalue weighted by molar-refractivity contribution is 5.79. The van der Waals surface area contributed by atoms with Crippen molar-refractivity contribution in [1.29, 1.82) is 0 Å². The lowest BCUT2D eigenvalue weighted by atomic mass is 10.1. The highest BCUT2D eigenvalue weighted by atomic mass is 16.5. The van der Waals surface area contributed by atoms with Crippen LogP contribution in [0.15, 0.2) is 35.5 Å². The zero-order valence-electron chi connectivity index (χ0n) is 14.2. The van der Waals surface area contributed by atoms with Gasteiger partial charge in [0, 0.05) is 25.4 Å². The molecule has 1 heterocycles. The summed E-state index contributed by atoms with van der Waals surface area (Å²) >= 11 is 0. The van der Waals surface area contributed by atoms with Crippen molar-refractivity contribution in [3.63, 3.8) is 0 Å². The minimum absolute atomic E-state index is 0.147. The standard InChI is InChI=1S/C17H25N5O/c1-12(2)23-16-9-13(3)5-6-14(16)10-19-17(18-4)20-11-15-7-8-21-22-15/h5-9,12H,10-11H2,1-4H3,(H,21,22)(H2,18,19,20). The van der Waals surface area contributed by atoms with Gasteiger partial charge in [0.1, 0.15) is 5.75 Å². The van der Waals surface area contributed by atoms with Crippen LogP contribution in [0.3, 0.4) is 0 Å². The number of benzene rings is 1. The zero-order valence-corrected chi connectivity index (χ0v) is 14.2. The number of aliphatic imine (C=N–C) groups is 1. The van der Waals surface area contributed by atoms with Crippen molar-refractivity contribution in [3.05, 3.63) is 47.3 Å². The summed E-state index contributed by atoms with van der Waals surface area (Å²) in [5, 5.41) is 13.4. The van der Waals surface area contributed by atoms with Crippen LogP contribution in [0.2, 0.25) is 0 Å². The molecule has 1 aromatic heterocycles. The highest BCUT2D eigenvalue weighted by Crippen LogP contribution is 2.21. The van der Waals surface area contributed by atoms with E-state index in [4.69, 9.17) is 4.74 Å². The number of rotatable bonds is 6. The van der Waals surface area contributed by atoms with Crippen molar-refractivity contribution in [2.75, 3.05) is 7.05 Å². The molecule has 2 rings (SSSR count). The normalized spacial score (nSPS) is 11.6. The first-order valence-corrected chi connectivity index (χ1v) is 7.77. The molecule has 0 saturated heterocycles. The quantitative estimate of drug-likeness (QED) is 0.565. The second-order valence-corrected chi connectivity index (χ2v) is 5.64. The lowest BCUT2D eigenvalue weighted by Crippen LogP contribution is -2.36. The Bertz CT molecular complexity index is 634. The topological polar surface area (TPSA) is 74.3 Å². The lowest BCUT2D eigenvalue weighted by Gasteiger charge is -2.17. The molecule has 0 aliphatic heterocycles. The average molecular weight is 315 g/mol. The van der Waals surface area contributed by atoms with Crippen molar-refractivity contribution in [3.8, 4) is 5.75 Å². The van der Waals surface area contributed by atoms with Gasteiger partial charge in [0.2, 0.25) is 0 Å². The highest BCUT2D eigenvalue weighted by Gasteiger charge is 2.07. The van der Waals surface area contributed by atoms with E-state index in [9.17, 15) is 0 Å². The van der Waals surface area contributed by atoms with Gasteiger partial charge in [-0.2, -0.15) is 5.10 Å². The fraction of sp³-hybridized carbons (Fsp3) is 0.412. The van der Waals surface area contributed by atoms with Crippen molar-refractivity contribution in [2.24, 2.45) is 4.99 Å². The first kappa shape index (κ1) is 16.9. The number of aromatic amines is 1. The molecule has 0 unspecified atom stereocenters. The number of guanidine groups is 1. The number of aromatic nitrogens is 2. The predicted molar refractivity (Wildman–Crippen MR) is 92.6 cm³/mol. The summed E-state index contributed by atoms with van der Waals surface area (Å²) in [7, 11) is 1.75. The molecule has 1 aromatic carbocycles. The lowest BCUT2D eigenvalue weighted by molar-refractivity contribution is 0.239. The van der Waals surface area contributed by atoms with Crippen molar-refractivity contribution in [1.82, 2.24) is 20.8 Å². The molecule has 124 valence electrons. The Morgan fingerprint density at radius 1 is 1.26 bits per heavy atom. The molecule has 3 N–H and O–H groups in total. The molecule has 0 fully saturated rings. The summed E-state index contributed by atoms with van der Waals surface area (Å²) in [6, 6.07) is 8.17. The third kappa shape index (κ3) is 5.32. The maximum atomic E-state index is 5.90. The molecule has 0 spiro atoms. The number of nitrogens with zero attached hydrogens (tertiary/aromatic N) is 2. The van der Waals surface area contributed by atoms with Gasteiger partial charge in [0.25, 0.3) is 0 Å². The van der Waals surface area contributed by atoms with E-state index in [2.05, 4.69) is 50.9 Å².